The molecular formula is C9H16N8. The van der Waals surface area contributed by atoms with E-state index in [-0.39, 0.29) is 0 Å². The first-order chi connectivity index (χ1) is 8.34. The van der Waals surface area contributed by atoms with Crippen LogP contribution in [0.3, 0.4) is 0 Å². The van der Waals surface area contributed by atoms with Gasteiger partial charge in [0.25, 0.3) is 0 Å². The summed E-state index contributed by atoms with van der Waals surface area (Å²) < 4.78 is 0. The molecule has 0 aromatic heterocycles. The predicted octanol–water partition coefficient (Wildman–Crippen LogP) is -1.55. The van der Waals surface area contributed by atoms with E-state index in [4.69, 9.17) is 0 Å². The van der Waals surface area contributed by atoms with Crippen LogP contribution in [0, 0.1) is 0 Å². The summed E-state index contributed by atoms with van der Waals surface area (Å²) in [6.45, 7) is 5.14. The fourth-order valence-electron chi connectivity index (χ4n) is 1.30. The minimum absolute atomic E-state index is 0.698. The third-order valence-electron chi connectivity index (χ3n) is 2.11. The molecule has 2 aliphatic heterocycles. The van der Waals surface area contributed by atoms with Crippen LogP contribution in [0.2, 0.25) is 0 Å². The second-order valence-electron chi connectivity index (χ2n) is 3.55. The molecular weight excluding hydrogens is 220 g/mol. The van der Waals surface area contributed by atoms with Crippen LogP contribution in [0.15, 0.2) is 20.2 Å². The Bertz CT molecular complexity index is 380. The van der Waals surface area contributed by atoms with E-state index in [2.05, 4.69) is 41.7 Å². The maximum Gasteiger partial charge on any atom is 0.212 e. The minimum Gasteiger partial charge on any atom is -0.353 e. The summed E-state index contributed by atoms with van der Waals surface area (Å²) in [5, 5.41) is 14.2. The molecule has 0 saturated carbocycles. The molecule has 0 fully saturated rings. The van der Waals surface area contributed by atoms with Gasteiger partial charge in [-0.1, -0.05) is 0 Å². The molecule has 0 aromatic carbocycles. The standard InChI is InChI=1S/C9H16N8/c1-7(15-17-9-12-4-5-13-9)6-14-16-8-10-2-3-11-8/h6H,2-5H2,1H3,(H2,10,11,16)(H2,12,13,17)/b14-6-,15-7-. The summed E-state index contributed by atoms with van der Waals surface area (Å²) in [6.07, 6.45) is 1.62. The summed E-state index contributed by atoms with van der Waals surface area (Å²) in [5.41, 5.74) is 6.36. The first-order valence-electron chi connectivity index (χ1n) is 5.50. The SMILES string of the molecule is CC(/C=N\NC1=NCCN1)=N/NC1=NCCN1. The number of nitrogens with zero attached hydrogens (tertiary/aromatic N) is 4. The van der Waals surface area contributed by atoms with E-state index >= 15 is 0 Å². The highest BCUT2D eigenvalue weighted by Gasteiger charge is 2.02. The Morgan fingerprint density at radius 1 is 1.18 bits per heavy atom. The molecule has 0 bridgehead atoms. The van der Waals surface area contributed by atoms with Crippen LogP contribution in [0.25, 0.3) is 0 Å². The smallest absolute Gasteiger partial charge is 0.212 e. The number of hydrogen-bond acceptors (Lipinski definition) is 8. The molecule has 0 aliphatic carbocycles. The van der Waals surface area contributed by atoms with E-state index in [9.17, 15) is 0 Å². The lowest BCUT2D eigenvalue weighted by Crippen LogP contribution is -2.31. The number of nitrogens with one attached hydrogen (secondary N) is 4. The fourth-order valence-corrected chi connectivity index (χ4v) is 1.30. The van der Waals surface area contributed by atoms with E-state index in [1.54, 1.807) is 6.21 Å². The third-order valence-corrected chi connectivity index (χ3v) is 2.11. The molecule has 8 heteroatoms. The van der Waals surface area contributed by atoms with E-state index in [1.807, 2.05) is 6.92 Å². The summed E-state index contributed by atoms with van der Waals surface area (Å²) >= 11 is 0. The van der Waals surface area contributed by atoms with Gasteiger partial charge < -0.3 is 10.6 Å². The zero-order chi connectivity index (χ0) is 11.9. The number of aliphatic imine (C=N–C) groups is 2. The highest BCUT2D eigenvalue weighted by molar-refractivity contribution is 6.29. The first kappa shape index (κ1) is 11.4. The number of rotatable bonds is 3. The van der Waals surface area contributed by atoms with Gasteiger partial charge in [-0.15, -0.1) is 0 Å². The third kappa shape index (κ3) is 3.74. The molecule has 0 aromatic rings. The quantitative estimate of drug-likeness (QED) is 0.352. The van der Waals surface area contributed by atoms with Crippen LogP contribution in [0.5, 0.6) is 0 Å². The molecule has 2 heterocycles. The van der Waals surface area contributed by atoms with Crippen LogP contribution in [0.1, 0.15) is 6.92 Å². The van der Waals surface area contributed by atoms with Gasteiger partial charge in [-0.05, 0) is 6.92 Å². The average Bonchev–Trinajstić information content (AvgIpc) is 2.99. The van der Waals surface area contributed by atoms with Crippen molar-refractivity contribution in [3.8, 4) is 0 Å². The molecule has 4 N–H and O–H groups in total. The maximum atomic E-state index is 4.15. The van der Waals surface area contributed by atoms with Crippen molar-refractivity contribution in [2.75, 3.05) is 26.2 Å². The minimum atomic E-state index is 0.698. The maximum absolute atomic E-state index is 4.15. The Balaban J connectivity index is 1.73. The van der Waals surface area contributed by atoms with Crippen molar-refractivity contribution < 1.29 is 0 Å². The van der Waals surface area contributed by atoms with Crippen molar-refractivity contribution in [1.82, 2.24) is 21.5 Å². The molecule has 2 rings (SSSR count). The number of guanidine groups is 2. The van der Waals surface area contributed by atoms with Gasteiger partial charge >= 0.3 is 0 Å². The first-order valence-corrected chi connectivity index (χ1v) is 5.50. The van der Waals surface area contributed by atoms with E-state index in [1.165, 1.54) is 0 Å². The van der Waals surface area contributed by atoms with Gasteiger partial charge in [0.05, 0.1) is 25.0 Å². The highest BCUT2D eigenvalue weighted by Crippen LogP contribution is 1.82. The van der Waals surface area contributed by atoms with Gasteiger partial charge in [0.15, 0.2) is 0 Å². The van der Waals surface area contributed by atoms with Crippen molar-refractivity contribution in [2.45, 2.75) is 6.92 Å². The van der Waals surface area contributed by atoms with Crippen molar-refractivity contribution in [2.24, 2.45) is 20.2 Å². The molecule has 0 atom stereocenters. The van der Waals surface area contributed by atoms with Gasteiger partial charge in [-0.25, -0.2) is 20.8 Å². The van der Waals surface area contributed by atoms with Crippen LogP contribution >= 0.6 is 0 Å². The Kier molecular flexibility index (Phi) is 3.90. The van der Waals surface area contributed by atoms with Gasteiger partial charge in [-0.2, -0.15) is 10.2 Å². The van der Waals surface area contributed by atoms with Crippen molar-refractivity contribution in [3.63, 3.8) is 0 Å². The predicted molar refractivity (Wildman–Crippen MR) is 68.5 cm³/mol. The fraction of sp³-hybridized carbons (Fsp3) is 0.556. The zero-order valence-electron chi connectivity index (χ0n) is 9.69. The summed E-state index contributed by atoms with van der Waals surface area (Å²) in [7, 11) is 0. The van der Waals surface area contributed by atoms with Gasteiger partial charge in [0.1, 0.15) is 0 Å². The lowest BCUT2D eigenvalue weighted by molar-refractivity contribution is 0.915. The van der Waals surface area contributed by atoms with Crippen LogP contribution in [0.4, 0.5) is 0 Å². The highest BCUT2D eigenvalue weighted by atomic mass is 15.4. The Morgan fingerprint density at radius 2 is 1.82 bits per heavy atom. The molecule has 0 amide bonds. The van der Waals surface area contributed by atoms with Crippen LogP contribution in [-0.4, -0.2) is 50.0 Å². The van der Waals surface area contributed by atoms with Crippen molar-refractivity contribution in [3.05, 3.63) is 0 Å². The second-order valence-corrected chi connectivity index (χ2v) is 3.55. The summed E-state index contributed by atoms with van der Waals surface area (Å²) in [4.78, 5) is 8.29. The second kappa shape index (κ2) is 5.83. The average molecular weight is 236 g/mol. The molecule has 0 saturated heterocycles. The van der Waals surface area contributed by atoms with Gasteiger partial charge in [0.2, 0.25) is 11.9 Å². The van der Waals surface area contributed by atoms with Crippen LogP contribution in [-0.2, 0) is 0 Å². The molecule has 92 valence electrons. The lowest BCUT2D eigenvalue weighted by atomic mass is 10.5. The summed E-state index contributed by atoms with van der Waals surface area (Å²) in [6, 6.07) is 0. The number of hydrogen-bond donors (Lipinski definition) is 4. The Hall–Kier alpha value is -2.12. The molecule has 17 heavy (non-hydrogen) atoms. The van der Waals surface area contributed by atoms with E-state index in [0.717, 1.165) is 31.9 Å². The molecule has 2 aliphatic rings. The molecule has 0 spiro atoms. The molecule has 0 radical (unpaired) electrons. The van der Waals surface area contributed by atoms with Gasteiger partial charge in [-0.3, -0.25) is 0 Å². The Morgan fingerprint density at radius 3 is 2.41 bits per heavy atom. The van der Waals surface area contributed by atoms with Crippen LogP contribution < -0.4 is 21.5 Å². The zero-order valence-corrected chi connectivity index (χ0v) is 9.69. The largest absolute Gasteiger partial charge is 0.353 e. The van der Waals surface area contributed by atoms with Crippen molar-refractivity contribution in [1.29, 1.82) is 0 Å². The topological polar surface area (TPSA) is 97.6 Å². The summed E-state index contributed by atoms with van der Waals surface area (Å²) in [5.74, 6) is 1.40. The molecule has 8 nitrogen and oxygen atoms in total. The molecule has 0 unspecified atom stereocenters. The van der Waals surface area contributed by atoms with Gasteiger partial charge in [0, 0.05) is 13.1 Å². The lowest BCUT2D eigenvalue weighted by Gasteiger charge is -2.01. The van der Waals surface area contributed by atoms with E-state index in [0.29, 0.717) is 11.9 Å². The van der Waals surface area contributed by atoms with E-state index < -0.39 is 0 Å². The monoisotopic (exact) mass is 236 g/mol. The normalized spacial score (nSPS) is 19.7. The van der Waals surface area contributed by atoms with Crippen molar-refractivity contribution >= 4 is 23.8 Å². The Labute approximate surface area is 99.4 Å². The number of hydrazone groups is 2.